The van der Waals surface area contributed by atoms with Crippen molar-refractivity contribution in [3.05, 3.63) is 103 Å². The van der Waals surface area contributed by atoms with Crippen LogP contribution in [0.25, 0.3) is 6.08 Å². The fraction of sp³-hybridized carbons (Fsp3) is 0.115. The van der Waals surface area contributed by atoms with Crippen LogP contribution in [-0.2, 0) is 16.2 Å². The van der Waals surface area contributed by atoms with Crippen LogP contribution in [0.2, 0.25) is 5.02 Å². The van der Waals surface area contributed by atoms with Crippen molar-refractivity contribution in [2.45, 2.75) is 13.5 Å². The van der Waals surface area contributed by atoms with E-state index in [0.717, 1.165) is 10.5 Å². The molecule has 3 aromatic carbocycles. The number of anilines is 1. The molecule has 0 saturated carbocycles. The van der Waals surface area contributed by atoms with Gasteiger partial charge in [0.1, 0.15) is 18.8 Å². The Hall–Kier alpha value is -4.22. The number of nitrogens with zero attached hydrogens (tertiary/aromatic N) is 2. The summed E-state index contributed by atoms with van der Waals surface area (Å²) < 4.78 is 6.27. The number of hydrogen-bond acceptors (Lipinski definition) is 6. The molecule has 38 heavy (non-hydrogen) atoms. The molecule has 1 heterocycles. The zero-order valence-corrected chi connectivity index (χ0v) is 22.2. The molecule has 1 aliphatic heterocycles. The summed E-state index contributed by atoms with van der Waals surface area (Å²) in [5.41, 5.74) is 2.68. The maximum atomic E-state index is 12.8. The number of urea groups is 1. The van der Waals surface area contributed by atoms with E-state index in [1.54, 1.807) is 42.5 Å². The van der Waals surface area contributed by atoms with Crippen molar-refractivity contribution in [3.8, 4) is 5.75 Å². The molecule has 0 atom stereocenters. The Morgan fingerprint density at radius 2 is 1.92 bits per heavy atom. The summed E-state index contributed by atoms with van der Waals surface area (Å²) in [4.78, 5) is 48.7. The van der Waals surface area contributed by atoms with Crippen LogP contribution < -0.4 is 15.4 Å². The summed E-state index contributed by atoms with van der Waals surface area (Å²) in [7, 11) is 0. The number of amides is 4. The number of benzene rings is 3. The minimum absolute atomic E-state index is 0.0131. The zero-order chi connectivity index (χ0) is 27.4. The van der Waals surface area contributed by atoms with Crippen LogP contribution >= 0.6 is 27.5 Å². The van der Waals surface area contributed by atoms with E-state index in [1.807, 2.05) is 13.0 Å². The molecule has 4 rings (SSSR count). The Balaban J connectivity index is 1.42. The molecule has 1 saturated heterocycles. The quantitative estimate of drug-likeness (QED) is 0.154. The van der Waals surface area contributed by atoms with Gasteiger partial charge >= 0.3 is 6.03 Å². The van der Waals surface area contributed by atoms with Gasteiger partial charge in [0.2, 0.25) is 5.91 Å². The highest BCUT2D eigenvalue weighted by Crippen LogP contribution is 2.36. The normalized spacial score (nSPS) is 14.0. The smallest absolute Gasteiger partial charge is 0.329 e. The number of nitro groups is 1. The maximum Gasteiger partial charge on any atom is 0.329 e. The van der Waals surface area contributed by atoms with Crippen molar-refractivity contribution in [2.75, 3.05) is 11.9 Å². The van der Waals surface area contributed by atoms with E-state index in [0.29, 0.717) is 27.0 Å². The Morgan fingerprint density at radius 3 is 2.58 bits per heavy atom. The van der Waals surface area contributed by atoms with E-state index in [9.17, 15) is 24.5 Å². The molecule has 4 amide bonds. The fourth-order valence-corrected chi connectivity index (χ4v) is 4.61. The second kappa shape index (κ2) is 11.4. The number of rotatable bonds is 8. The van der Waals surface area contributed by atoms with Gasteiger partial charge in [-0.05, 0) is 82.0 Å². The van der Waals surface area contributed by atoms with Crippen molar-refractivity contribution in [2.24, 2.45) is 0 Å². The average Bonchev–Trinajstić information content (AvgIpc) is 3.11. The van der Waals surface area contributed by atoms with Crippen molar-refractivity contribution < 1.29 is 24.0 Å². The SMILES string of the molecule is Cc1cccc(NC(=O)CN2C(=O)N/C(=C/c3cc(Cl)c(OCc4ccc([N+](=O)[O-])cc4)c(Br)c3)C2=O)c1. The minimum atomic E-state index is -0.714. The zero-order valence-electron chi connectivity index (χ0n) is 19.9. The Labute approximate surface area is 230 Å². The highest BCUT2D eigenvalue weighted by atomic mass is 79.9. The van der Waals surface area contributed by atoms with Crippen LogP contribution in [0.5, 0.6) is 5.75 Å². The van der Waals surface area contributed by atoms with Crippen LogP contribution in [-0.4, -0.2) is 34.2 Å². The monoisotopic (exact) mass is 598 g/mol. The van der Waals surface area contributed by atoms with Crippen molar-refractivity contribution >= 4 is 62.8 Å². The molecule has 1 fully saturated rings. The number of nitro benzene ring substituents is 1. The molecule has 3 aromatic rings. The summed E-state index contributed by atoms with van der Waals surface area (Å²) >= 11 is 9.79. The third-order valence-corrected chi connectivity index (χ3v) is 6.30. The predicted molar refractivity (Wildman–Crippen MR) is 145 cm³/mol. The standard InChI is InChI=1S/C26H20BrClN4O6/c1-15-3-2-4-18(9-15)29-23(33)13-31-25(34)22(30-26(31)35)12-17-10-20(27)24(21(28)11-17)38-14-16-5-7-19(8-6-16)32(36)37/h2-12H,13-14H2,1H3,(H,29,33)(H,30,35)/b22-12+. The van der Waals surface area contributed by atoms with Gasteiger partial charge in [0, 0.05) is 17.8 Å². The lowest BCUT2D eigenvalue weighted by molar-refractivity contribution is -0.384. The molecule has 12 heteroatoms. The number of aryl methyl sites for hydroxylation is 1. The largest absolute Gasteiger partial charge is 0.486 e. The van der Waals surface area contributed by atoms with E-state index in [1.165, 1.54) is 18.2 Å². The molecular formula is C26H20BrClN4O6. The van der Waals surface area contributed by atoms with Crippen LogP contribution in [0.4, 0.5) is 16.2 Å². The molecule has 0 aliphatic carbocycles. The number of carbonyl (C=O) groups is 3. The third-order valence-electron chi connectivity index (χ3n) is 5.43. The number of hydrogen-bond donors (Lipinski definition) is 2. The molecule has 0 unspecified atom stereocenters. The number of nitrogens with one attached hydrogen (secondary N) is 2. The Bertz CT molecular complexity index is 1450. The molecular weight excluding hydrogens is 580 g/mol. The lowest BCUT2D eigenvalue weighted by atomic mass is 10.1. The van der Waals surface area contributed by atoms with E-state index in [4.69, 9.17) is 16.3 Å². The van der Waals surface area contributed by atoms with Gasteiger partial charge in [0.25, 0.3) is 11.6 Å². The van der Waals surface area contributed by atoms with Crippen molar-refractivity contribution in [3.63, 3.8) is 0 Å². The second-order valence-electron chi connectivity index (χ2n) is 8.32. The van der Waals surface area contributed by atoms with Crippen LogP contribution in [0.1, 0.15) is 16.7 Å². The van der Waals surface area contributed by atoms with Gasteiger partial charge in [-0.25, -0.2) is 9.69 Å². The van der Waals surface area contributed by atoms with Gasteiger partial charge < -0.3 is 15.4 Å². The van der Waals surface area contributed by atoms with E-state index < -0.39 is 29.3 Å². The number of non-ortho nitro benzene ring substituents is 1. The second-order valence-corrected chi connectivity index (χ2v) is 9.58. The summed E-state index contributed by atoms with van der Waals surface area (Å²) in [6.07, 6.45) is 1.44. The summed E-state index contributed by atoms with van der Waals surface area (Å²) in [5, 5.41) is 16.2. The molecule has 1 aliphatic rings. The molecule has 0 aromatic heterocycles. The lowest BCUT2D eigenvalue weighted by Crippen LogP contribution is -2.38. The third kappa shape index (κ3) is 6.36. The average molecular weight is 600 g/mol. The van der Waals surface area contributed by atoms with Crippen LogP contribution in [0.15, 0.2) is 70.8 Å². The highest BCUT2D eigenvalue weighted by molar-refractivity contribution is 9.10. The summed E-state index contributed by atoms with van der Waals surface area (Å²) in [6.45, 7) is 1.55. The molecule has 2 N–H and O–H groups in total. The van der Waals surface area contributed by atoms with Gasteiger partial charge in [-0.3, -0.25) is 19.7 Å². The van der Waals surface area contributed by atoms with E-state index in [-0.39, 0.29) is 23.0 Å². The molecule has 0 bridgehead atoms. The molecule has 10 nitrogen and oxygen atoms in total. The predicted octanol–water partition coefficient (Wildman–Crippen LogP) is 5.43. The van der Waals surface area contributed by atoms with Gasteiger partial charge in [-0.2, -0.15) is 0 Å². The number of ether oxygens (including phenoxy) is 1. The number of carbonyl (C=O) groups excluding carboxylic acids is 3. The van der Waals surface area contributed by atoms with Crippen molar-refractivity contribution in [1.29, 1.82) is 0 Å². The molecule has 0 radical (unpaired) electrons. The van der Waals surface area contributed by atoms with E-state index in [2.05, 4.69) is 26.6 Å². The minimum Gasteiger partial charge on any atom is -0.486 e. The topological polar surface area (TPSA) is 131 Å². The Kier molecular flexibility index (Phi) is 8.08. The van der Waals surface area contributed by atoms with Gasteiger partial charge in [0.15, 0.2) is 5.75 Å². The number of halogens is 2. The summed E-state index contributed by atoms with van der Waals surface area (Å²) in [5.74, 6) is -0.829. The first-order valence-corrected chi connectivity index (χ1v) is 12.3. The van der Waals surface area contributed by atoms with E-state index >= 15 is 0 Å². The molecule has 194 valence electrons. The highest BCUT2D eigenvalue weighted by Gasteiger charge is 2.35. The first-order chi connectivity index (χ1) is 18.1. The fourth-order valence-electron chi connectivity index (χ4n) is 3.62. The van der Waals surface area contributed by atoms with Gasteiger partial charge in [-0.15, -0.1) is 0 Å². The first kappa shape index (κ1) is 26.8. The Morgan fingerprint density at radius 1 is 1.18 bits per heavy atom. The molecule has 0 spiro atoms. The van der Waals surface area contributed by atoms with Crippen LogP contribution in [0, 0.1) is 17.0 Å². The first-order valence-electron chi connectivity index (χ1n) is 11.2. The van der Waals surface area contributed by atoms with Gasteiger partial charge in [-0.1, -0.05) is 23.7 Å². The maximum absolute atomic E-state index is 12.8. The summed E-state index contributed by atoms with van der Waals surface area (Å²) in [6, 6.07) is 15.6. The van der Waals surface area contributed by atoms with Crippen LogP contribution in [0.3, 0.4) is 0 Å². The van der Waals surface area contributed by atoms with Crippen molar-refractivity contribution in [1.82, 2.24) is 10.2 Å². The lowest BCUT2D eigenvalue weighted by Gasteiger charge is -2.12. The number of imide groups is 1. The van der Waals surface area contributed by atoms with Gasteiger partial charge in [0.05, 0.1) is 14.4 Å².